The normalized spacial score (nSPS) is 12.6. The van der Waals surface area contributed by atoms with E-state index in [1.165, 1.54) is 24.0 Å². The van der Waals surface area contributed by atoms with Crippen molar-refractivity contribution < 1.29 is 19.0 Å². The molecule has 0 aliphatic heterocycles. The van der Waals surface area contributed by atoms with Crippen molar-refractivity contribution in [1.29, 1.82) is 0 Å². The van der Waals surface area contributed by atoms with Crippen LogP contribution in [-0.2, 0) is 17.6 Å². The molecule has 160 valence electrons. The van der Waals surface area contributed by atoms with E-state index in [1.807, 2.05) is 30.3 Å². The molecule has 1 aliphatic carbocycles. The molecule has 0 saturated heterocycles. The van der Waals surface area contributed by atoms with E-state index in [4.69, 9.17) is 25.8 Å². The number of fused-ring (bicyclic) bond motifs is 1. The quantitative estimate of drug-likeness (QED) is 0.489. The minimum atomic E-state index is -0.296. The second-order valence-electron chi connectivity index (χ2n) is 7.40. The molecule has 0 saturated carbocycles. The molecule has 1 N–H and O–H groups in total. The van der Waals surface area contributed by atoms with E-state index in [0.29, 0.717) is 33.7 Å². The van der Waals surface area contributed by atoms with Crippen molar-refractivity contribution in [1.82, 2.24) is 0 Å². The third kappa shape index (κ3) is 5.50. The maximum Gasteiger partial charge on any atom is 0.262 e. The summed E-state index contributed by atoms with van der Waals surface area (Å²) < 4.78 is 16.9. The largest absolute Gasteiger partial charge is 0.497 e. The zero-order chi connectivity index (χ0) is 21.6. The first-order valence-electron chi connectivity index (χ1n) is 10.3. The van der Waals surface area contributed by atoms with Gasteiger partial charge in [0, 0.05) is 11.1 Å². The van der Waals surface area contributed by atoms with Crippen LogP contribution in [0.25, 0.3) is 0 Å². The van der Waals surface area contributed by atoms with Gasteiger partial charge in [0.2, 0.25) is 0 Å². The smallest absolute Gasteiger partial charge is 0.262 e. The van der Waals surface area contributed by atoms with Crippen LogP contribution >= 0.6 is 11.6 Å². The highest BCUT2D eigenvalue weighted by Gasteiger charge is 2.13. The summed E-state index contributed by atoms with van der Waals surface area (Å²) in [6.45, 7) is -0.107. The number of carbonyl (C=O) groups is 1. The standard InChI is InChI=1S/C25H24ClNO4/c1-29-20-7-4-8-22(15-20)31-24-12-10-19(26)14-23(24)27-25(28)16-30-21-11-9-17-5-2-3-6-18(17)13-21/h4,7-15H,2-3,5-6,16H2,1H3,(H,27,28). The molecule has 1 amide bonds. The fourth-order valence-corrected chi connectivity index (χ4v) is 3.79. The van der Waals surface area contributed by atoms with Crippen LogP contribution in [0.3, 0.4) is 0 Å². The second kappa shape index (κ2) is 9.75. The zero-order valence-corrected chi connectivity index (χ0v) is 18.1. The number of carbonyl (C=O) groups excluding carboxylic acids is 1. The van der Waals surface area contributed by atoms with Gasteiger partial charge in [-0.3, -0.25) is 4.79 Å². The van der Waals surface area contributed by atoms with Crippen LogP contribution in [-0.4, -0.2) is 19.6 Å². The monoisotopic (exact) mass is 437 g/mol. The summed E-state index contributed by atoms with van der Waals surface area (Å²) in [6.07, 6.45) is 4.60. The minimum absolute atomic E-state index is 0.107. The van der Waals surface area contributed by atoms with Gasteiger partial charge in [-0.2, -0.15) is 0 Å². The van der Waals surface area contributed by atoms with Gasteiger partial charge in [-0.25, -0.2) is 0 Å². The zero-order valence-electron chi connectivity index (χ0n) is 17.3. The van der Waals surface area contributed by atoms with E-state index >= 15 is 0 Å². The Morgan fingerprint density at radius 1 is 0.935 bits per heavy atom. The van der Waals surface area contributed by atoms with Gasteiger partial charge in [-0.05, 0) is 79.3 Å². The summed E-state index contributed by atoms with van der Waals surface area (Å²) in [7, 11) is 1.59. The third-order valence-corrected chi connectivity index (χ3v) is 5.41. The molecule has 0 fully saturated rings. The van der Waals surface area contributed by atoms with Crippen LogP contribution < -0.4 is 19.5 Å². The average Bonchev–Trinajstić information content (AvgIpc) is 2.79. The van der Waals surface area contributed by atoms with Crippen LogP contribution in [0.4, 0.5) is 5.69 Å². The number of methoxy groups -OCH3 is 1. The molecular weight excluding hydrogens is 414 g/mol. The molecule has 6 heteroatoms. The van der Waals surface area contributed by atoms with Crippen molar-refractivity contribution in [2.75, 3.05) is 19.0 Å². The van der Waals surface area contributed by atoms with Gasteiger partial charge in [0.1, 0.15) is 17.2 Å². The van der Waals surface area contributed by atoms with Crippen molar-refractivity contribution in [2.45, 2.75) is 25.7 Å². The lowest BCUT2D eigenvalue weighted by molar-refractivity contribution is -0.118. The summed E-state index contributed by atoms with van der Waals surface area (Å²) in [4.78, 5) is 12.5. The molecule has 0 atom stereocenters. The van der Waals surface area contributed by atoms with Crippen LogP contribution in [0.5, 0.6) is 23.0 Å². The number of nitrogens with one attached hydrogen (secondary N) is 1. The van der Waals surface area contributed by atoms with Gasteiger partial charge in [0.05, 0.1) is 12.8 Å². The van der Waals surface area contributed by atoms with Gasteiger partial charge >= 0.3 is 0 Å². The van der Waals surface area contributed by atoms with Crippen LogP contribution in [0.2, 0.25) is 5.02 Å². The first kappa shape index (κ1) is 21.1. The molecule has 0 radical (unpaired) electrons. The van der Waals surface area contributed by atoms with Gasteiger partial charge in [0.25, 0.3) is 5.91 Å². The number of ether oxygens (including phenoxy) is 3. The SMILES string of the molecule is COc1cccc(Oc2ccc(Cl)cc2NC(=O)COc2ccc3c(c2)CCCC3)c1. The van der Waals surface area contributed by atoms with Gasteiger partial charge < -0.3 is 19.5 Å². The van der Waals surface area contributed by atoms with Crippen LogP contribution in [0.15, 0.2) is 60.7 Å². The van der Waals surface area contributed by atoms with E-state index in [2.05, 4.69) is 11.4 Å². The Bertz CT molecular complexity index is 1080. The summed E-state index contributed by atoms with van der Waals surface area (Å²) >= 11 is 6.13. The summed E-state index contributed by atoms with van der Waals surface area (Å²) in [5.74, 6) is 2.14. The lowest BCUT2D eigenvalue weighted by atomic mass is 9.92. The van der Waals surface area contributed by atoms with Crippen molar-refractivity contribution in [2.24, 2.45) is 0 Å². The fraction of sp³-hybridized carbons (Fsp3) is 0.240. The Morgan fingerprint density at radius 3 is 2.58 bits per heavy atom. The highest BCUT2D eigenvalue weighted by molar-refractivity contribution is 6.31. The first-order chi connectivity index (χ1) is 15.1. The molecule has 4 rings (SSSR count). The number of rotatable bonds is 7. The number of hydrogen-bond donors (Lipinski definition) is 1. The van der Waals surface area contributed by atoms with Gasteiger partial charge in [-0.15, -0.1) is 0 Å². The second-order valence-corrected chi connectivity index (χ2v) is 7.83. The Kier molecular flexibility index (Phi) is 6.63. The molecule has 31 heavy (non-hydrogen) atoms. The van der Waals surface area contributed by atoms with Gasteiger partial charge in [0.15, 0.2) is 12.4 Å². The Morgan fingerprint density at radius 2 is 1.74 bits per heavy atom. The summed E-state index contributed by atoms with van der Waals surface area (Å²) in [5, 5.41) is 3.32. The highest BCUT2D eigenvalue weighted by Crippen LogP contribution is 2.33. The lowest BCUT2D eigenvalue weighted by Crippen LogP contribution is -2.20. The summed E-state index contributed by atoms with van der Waals surface area (Å²) in [6, 6.07) is 18.4. The lowest BCUT2D eigenvalue weighted by Gasteiger charge is -2.17. The van der Waals surface area contributed by atoms with E-state index in [-0.39, 0.29) is 12.5 Å². The molecule has 0 spiro atoms. The summed E-state index contributed by atoms with van der Waals surface area (Å²) in [5.41, 5.74) is 3.16. The van der Waals surface area contributed by atoms with Crippen LogP contribution in [0.1, 0.15) is 24.0 Å². The molecule has 5 nitrogen and oxygen atoms in total. The number of anilines is 1. The highest BCUT2D eigenvalue weighted by atomic mass is 35.5. The molecule has 0 aromatic heterocycles. The van der Waals surface area contributed by atoms with Crippen molar-refractivity contribution in [3.63, 3.8) is 0 Å². The Hall–Kier alpha value is -3.18. The molecule has 0 unspecified atom stereocenters. The van der Waals surface area contributed by atoms with E-state index in [1.54, 1.807) is 31.4 Å². The van der Waals surface area contributed by atoms with E-state index in [0.717, 1.165) is 12.8 Å². The first-order valence-corrected chi connectivity index (χ1v) is 10.6. The van der Waals surface area contributed by atoms with E-state index < -0.39 is 0 Å². The predicted molar refractivity (Wildman–Crippen MR) is 122 cm³/mol. The Balaban J connectivity index is 1.42. The molecule has 1 aliphatic rings. The predicted octanol–water partition coefficient (Wildman–Crippen LogP) is 6.04. The number of halogens is 1. The fourth-order valence-electron chi connectivity index (χ4n) is 3.62. The van der Waals surface area contributed by atoms with E-state index in [9.17, 15) is 4.79 Å². The van der Waals surface area contributed by atoms with Crippen molar-refractivity contribution >= 4 is 23.2 Å². The number of amides is 1. The molecule has 0 bridgehead atoms. The molecule has 3 aromatic carbocycles. The maximum atomic E-state index is 12.5. The van der Waals surface area contributed by atoms with Crippen molar-refractivity contribution in [3.05, 3.63) is 76.8 Å². The molecule has 0 heterocycles. The molecule has 3 aromatic rings. The number of benzene rings is 3. The van der Waals surface area contributed by atoms with Crippen molar-refractivity contribution in [3.8, 4) is 23.0 Å². The average molecular weight is 438 g/mol. The van der Waals surface area contributed by atoms with Gasteiger partial charge in [-0.1, -0.05) is 23.7 Å². The maximum absolute atomic E-state index is 12.5. The Labute approximate surface area is 186 Å². The number of hydrogen-bond acceptors (Lipinski definition) is 4. The third-order valence-electron chi connectivity index (χ3n) is 5.17. The topological polar surface area (TPSA) is 56.8 Å². The minimum Gasteiger partial charge on any atom is -0.497 e. The van der Waals surface area contributed by atoms with Crippen LogP contribution in [0, 0.1) is 0 Å². The molecular formula is C25H24ClNO4. The number of aryl methyl sites for hydroxylation is 2.